The highest BCUT2D eigenvalue weighted by Gasteiger charge is 1.98. The van der Waals surface area contributed by atoms with E-state index < -0.39 is 0 Å². The lowest BCUT2D eigenvalue weighted by molar-refractivity contribution is 0.112. The Bertz CT molecular complexity index is 327. The molecule has 1 rings (SSSR count). The largest absolute Gasteiger partial charge is 0.298 e. The molecule has 0 aliphatic carbocycles. The third-order valence-corrected chi connectivity index (χ3v) is 1.60. The van der Waals surface area contributed by atoms with Crippen LogP contribution in [0.15, 0.2) is 18.2 Å². The summed E-state index contributed by atoms with van der Waals surface area (Å²) >= 11 is 5.61. The number of benzene rings is 1. The summed E-state index contributed by atoms with van der Waals surface area (Å²) in [6.07, 6.45) is 0.628. The van der Waals surface area contributed by atoms with Crippen molar-refractivity contribution in [1.29, 1.82) is 5.26 Å². The summed E-state index contributed by atoms with van der Waals surface area (Å²) in [7, 11) is 0. The van der Waals surface area contributed by atoms with Gasteiger partial charge in [0.1, 0.15) is 0 Å². The van der Waals surface area contributed by atoms with Crippen molar-refractivity contribution in [2.45, 2.75) is 0 Å². The molecule has 0 amide bonds. The van der Waals surface area contributed by atoms with Gasteiger partial charge in [-0.15, -0.1) is 0 Å². The molecular weight excluding hydrogens is 162 g/mol. The van der Waals surface area contributed by atoms with E-state index in [1.807, 2.05) is 6.07 Å². The number of hydrogen-bond acceptors (Lipinski definition) is 2. The Kier molecular flexibility index (Phi) is 2.25. The van der Waals surface area contributed by atoms with E-state index in [1.54, 1.807) is 6.07 Å². The molecule has 0 bridgehead atoms. The maximum atomic E-state index is 10.3. The van der Waals surface area contributed by atoms with Crippen molar-refractivity contribution >= 4 is 17.9 Å². The number of carbonyl (C=O) groups is 1. The molecule has 0 saturated heterocycles. The number of carbonyl (C=O) groups excluding carboxylic acids is 1. The fraction of sp³-hybridized carbons (Fsp3) is 0. The second-order valence-electron chi connectivity index (χ2n) is 1.97. The van der Waals surface area contributed by atoms with Crippen LogP contribution in [-0.4, -0.2) is 6.29 Å². The van der Waals surface area contributed by atoms with Gasteiger partial charge in [-0.05, 0) is 18.2 Å². The highest BCUT2D eigenvalue weighted by molar-refractivity contribution is 6.32. The average Bonchev–Trinajstić information content (AvgIpc) is 2.05. The molecular formula is C8H4ClNO. The highest BCUT2D eigenvalue weighted by atomic mass is 35.5. The fourth-order valence-corrected chi connectivity index (χ4v) is 0.866. The summed E-state index contributed by atoms with van der Waals surface area (Å²) in [6, 6.07) is 6.46. The molecule has 0 radical (unpaired) electrons. The highest BCUT2D eigenvalue weighted by Crippen LogP contribution is 2.14. The van der Waals surface area contributed by atoms with Crippen LogP contribution in [0.5, 0.6) is 0 Å². The van der Waals surface area contributed by atoms with Gasteiger partial charge in [0.25, 0.3) is 0 Å². The van der Waals surface area contributed by atoms with Crippen molar-refractivity contribution in [1.82, 2.24) is 0 Å². The Morgan fingerprint density at radius 2 is 2.27 bits per heavy atom. The molecule has 0 saturated carbocycles. The van der Waals surface area contributed by atoms with Crippen molar-refractivity contribution in [2.75, 3.05) is 0 Å². The van der Waals surface area contributed by atoms with Crippen molar-refractivity contribution < 1.29 is 4.79 Å². The number of aldehydes is 1. The lowest BCUT2D eigenvalue weighted by Gasteiger charge is -1.93. The van der Waals surface area contributed by atoms with E-state index in [0.29, 0.717) is 22.4 Å². The molecule has 0 unspecified atom stereocenters. The van der Waals surface area contributed by atoms with E-state index in [-0.39, 0.29) is 0 Å². The number of nitriles is 1. The zero-order valence-electron chi connectivity index (χ0n) is 5.54. The number of hydrogen-bond donors (Lipinski definition) is 0. The van der Waals surface area contributed by atoms with E-state index in [1.165, 1.54) is 12.1 Å². The van der Waals surface area contributed by atoms with Gasteiger partial charge in [0.05, 0.1) is 16.7 Å². The second-order valence-corrected chi connectivity index (χ2v) is 2.37. The van der Waals surface area contributed by atoms with Gasteiger partial charge >= 0.3 is 0 Å². The van der Waals surface area contributed by atoms with Crippen molar-refractivity contribution in [3.63, 3.8) is 0 Å². The number of rotatable bonds is 1. The van der Waals surface area contributed by atoms with Crippen LogP contribution in [0.4, 0.5) is 0 Å². The van der Waals surface area contributed by atoms with Crippen molar-refractivity contribution in [3.8, 4) is 6.07 Å². The summed E-state index contributed by atoms with van der Waals surface area (Å²) in [5, 5.41) is 8.81. The van der Waals surface area contributed by atoms with Gasteiger partial charge in [0.2, 0.25) is 0 Å². The first-order valence-electron chi connectivity index (χ1n) is 2.93. The predicted octanol–water partition coefficient (Wildman–Crippen LogP) is 2.02. The van der Waals surface area contributed by atoms with Gasteiger partial charge in [0, 0.05) is 5.56 Å². The molecule has 3 heteroatoms. The standard InChI is InChI=1S/C8H4ClNO/c9-8-2-1-6(4-10)3-7(8)5-11/h1-3,5H. The lowest BCUT2D eigenvalue weighted by atomic mass is 10.1. The van der Waals surface area contributed by atoms with Crippen LogP contribution in [0.25, 0.3) is 0 Å². The minimum Gasteiger partial charge on any atom is -0.298 e. The zero-order chi connectivity index (χ0) is 8.27. The first kappa shape index (κ1) is 7.77. The topological polar surface area (TPSA) is 40.9 Å². The molecule has 11 heavy (non-hydrogen) atoms. The number of halogens is 1. The van der Waals surface area contributed by atoms with Crippen LogP contribution in [0.2, 0.25) is 5.02 Å². The van der Waals surface area contributed by atoms with Crippen molar-refractivity contribution in [3.05, 3.63) is 34.3 Å². The van der Waals surface area contributed by atoms with E-state index in [2.05, 4.69) is 0 Å². The molecule has 2 nitrogen and oxygen atoms in total. The zero-order valence-corrected chi connectivity index (χ0v) is 6.30. The minimum atomic E-state index is 0.353. The molecule has 0 heterocycles. The van der Waals surface area contributed by atoms with Crippen LogP contribution in [0, 0.1) is 11.3 Å². The summed E-state index contributed by atoms with van der Waals surface area (Å²) in [5.74, 6) is 0. The minimum absolute atomic E-state index is 0.353. The second kappa shape index (κ2) is 3.18. The van der Waals surface area contributed by atoms with Crippen LogP contribution >= 0.6 is 11.6 Å². The molecule has 0 fully saturated rings. The average molecular weight is 166 g/mol. The van der Waals surface area contributed by atoms with Gasteiger partial charge in [-0.1, -0.05) is 11.6 Å². The molecule has 0 spiro atoms. The van der Waals surface area contributed by atoms with Gasteiger partial charge in [-0.3, -0.25) is 4.79 Å². The summed E-state index contributed by atoms with van der Waals surface area (Å²) in [6.45, 7) is 0. The Morgan fingerprint density at radius 1 is 1.55 bits per heavy atom. The molecule has 0 aromatic heterocycles. The van der Waals surface area contributed by atoms with E-state index >= 15 is 0 Å². The van der Waals surface area contributed by atoms with E-state index in [4.69, 9.17) is 16.9 Å². The van der Waals surface area contributed by atoms with Crippen molar-refractivity contribution in [2.24, 2.45) is 0 Å². The molecule has 0 aliphatic heterocycles. The maximum Gasteiger partial charge on any atom is 0.151 e. The van der Waals surface area contributed by atoms with Gasteiger partial charge in [0.15, 0.2) is 6.29 Å². The molecule has 0 aliphatic rings. The summed E-state index contributed by atoms with van der Waals surface area (Å²) in [5.41, 5.74) is 0.794. The van der Waals surface area contributed by atoms with E-state index in [0.717, 1.165) is 0 Å². The molecule has 0 atom stereocenters. The first-order valence-corrected chi connectivity index (χ1v) is 3.30. The van der Waals surface area contributed by atoms with Gasteiger partial charge in [-0.2, -0.15) is 5.26 Å². The Labute approximate surface area is 69.0 Å². The van der Waals surface area contributed by atoms with Crippen LogP contribution < -0.4 is 0 Å². The third-order valence-electron chi connectivity index (χ3n) is 1.25. The SMILES string of the molecule is N#Cc1ccc(Cl)c(C=O)c1. The fourth-order valence-electron chi connectivity index (χ4n) is 0.704. The first-order chi connectivity index (χ1) is 5.27. The summed E-state index contributed by atoms with van der Waals surface area (Å²) < 4.78 is 0. The molecule has 1 aromatic rings. The lowest BCUT2D eigenvalue weighted by Crippen LogP contribution is -1.83. The van der Waals surface area contributed by atoms with Gasteiger partial charge < -0.3 is 0 Å². The van der Waals surface area contributed by atoms with Gasteiger partial charge in [-0.25, -0.2) is 0 Å². The monoisotopic (exact) mass is 165 g/mol. The third kappa shape index (κ3) is 1.57. The summed E-state index contributed by atoms with van der Waals surface area (Å²) in [4.78, 5) is 10.3. The van der Waals surface area contributed by atoms with Crippen LogP contribution in [0.3, 0.4) is 0 Å². The maximum absolute atomic E-state index is 10.3. The predicted molar refractivity (Wildman–Crippen MR) is 41.6 cm³/mol. The molecule has 0 N–H and O–H groups in total. The number of nitrogens with zero attached hydrogens (tertiary/aromatic N) is 1. The van der Waals surface area contributed by atoms with Crippen LogP contribution in [0.1, 0.15) is 15.9 Å². The van der Waals surface area contributed by atoms with E-state index in [9.17, 15) is 4.79 Å². The Hall–Kier alpha value is -1.33. The van der Waals surface area contributed by atoms with Crippen LogP contribution in [-0.2, 0) is 0 Å². The normalized spacial score (nSPS) is 8.73. The molecule has 54 valence electrons. The Balaban J connectivity index is 3.25. The quantitative estimate of drug-likeness (QED) is 0.598. The molecule has 1 aromatic carbocycles. The Morgan fingerprint density at radius 3 is 2.82 bits per heavy atom. The smallest absolute Gasteiger partial charge is 0.151 e.